The van der Waals surface area contributed by atoms with E-state index >= 15 is 0 Å². The Morgan fingerprint density at radius 1 is 1.35 bits per heavy atom. The Labute approximate surface area is 145 Å². The van der Waals surface area contributed by atoms with E-state index in [1.165, 1.54) is 12.7 Å². The standard InChI is InChI=1S/C4H5NO.C4H5NS.C4H8.C3H5N3.H3P/c1-4-2-5-3-6-4;1-4-5-2-3-6-4;1-3-4-2;1-6-3-4-2-5-6;/h2*2-3H,1H3;3H,1,4H2,2H3;2-3H,1H3;1H3. The number of oxazole rings is 1. The predicted octanol–water partition coefficient (Wildman–Crippen LogP) is 3.89. The molecule has 0 radical (unpaired) electrons. The zero-order valence-electron chi connectivity index (χ0n) is 14.2. The van der Waals surface area contributed by atoms with E-state index in [4.69, 9.17) is 4.42 Å². The van der Waals surface area contributed by atoms with E-state index in [9.17, 15) is 0 Å². The van der Waals surface area contributed by atoms with Gasteiger partial charge in [-0.2, -0.15) is 15.0 Å². The van der Waals surface area contributed by atoms with Crippen molar-refractivity contribution >= 4 is 21.2 Å². The van der Waals surface area contributed by atoms with E-state index in [0.717, 1.165) is 17.2 Å². The Hall–Kier alpha value is -1.85. The summed E-state index contributed by atoms with van der Waals surface area (Å²) in [6.45, 7) is 9.39. The molecule has 0 N–H and O–H groups in total. The van der Waals surface area contributed by atoms with Crippen LogP contribution in [0.2, 0.25) is 0 Å². The van der Waals surface area contributed by atoms with E-state index in [2.05, 4.69) is 33.6 Å². The lowest BCUT2D eigenvalue weighted by atomic mass is 10.5. The molecule has 1 atom stereocenters. The van der Waals surface area contributed by atoms with E-state index < -0.39 is 0 Å². The second kappa shape index (κ2) is 16.5. The third-order valence-corrected chi connectivity index (χ3v) is 2.64. The summed E-state index contributed by atoms with van der Waals surface area (Å²) in [5.74, 6) is 0.856. The number of aromatic nitrogens is 5. The maximum atomic E-state index is 4.72. The van der Waals surface area contributed by atoms with Crippen molar-refractivity contribution in [2.45, 2.75) is 27.2 Å². The van der Waals surface area contributed by atoms with Crippen LogP contribution in [0, 0.1) is 13.8 Å². The number of rotatable bonds is 1. The number of allylic oxidation sites excluding steroid dienone is 1. The average Bonchev–Trinajstić information content (AvgIpc) is 3.26. The van der Waals surface area contributed by atoms with Crippen LogP contribution in [0.4, 0.5) is 0 Å². The van der Waals surface area contributed by atoms with Gasteiger partial charge in [-0.1, -0.05) is 13.0 Å². The van der Waals surface area contributed by atoms with Crippen molar-refractivity contribution in [3.63, 3.8) is 0 Å². The maximum absolute atomic E-state index is 4.72. The van der Waals surface area contributed by atoms with Crippen LogP contribution in [0.3, 0.4) is 0 Å². The van der Waals surface area contributed by atoms with Gasteiger partial charge in [-0.15, -0.1) is 17.9 Å². The summed E-state index contributed by atoms with van der Waals surface area (Å²) in [6, 6.07) is 0. The molecule has 0 aromatic carbocycles. The molecule has 1 unspecified atom stereocenters. The lowest BCUT2D eigenvalue weighted by Crippen LogP contribution is -1.83. The van der Waals surface area contributed by atoms with Gasteiger partial charge >= 0.3 is 0 Å². The van der Waals surface area contributed by atoms with Crippen molar-refractivity contribution in [1.29, 1.82) is 0 Å². The zero-order valence-corrected chi connectivity index (χ0v) is 16.4. The molecule has 128 valence electrons. The van der Waals surface area contributed by atoms with Gasteiger partial charge in [-0.05, 0) is 20.3 Å². The molecule has 0 fully saturated rings. The Bertz CT molecular complexity index is 476. The van der Waals surface area contributed by atoms with Gasteiger partial charge in [0.2, 0.25) is 0 Å². The van der Waals surface area contributed by atoms with Crippen LogP contribution in [0.1, 0.15) is 24.1 Å². The lowest BCUT2D eigenvalue weighted by molar-refractivity contribution is 0.527. The highest BCUT2D eigenvalue weighted by Crippen LogP contribution is 1.98. The van der Waals surface area contributed by atoms with Gasteiger partial charge in [0, 0.05) is 18.6 Å². The van der Waals surface area contributed by atoms with Gasteiger partial charge in [-0.3, -0.25) is 9.67 Å². The molecule has 0 saturated heterocycles. The Balaban J connectivity index is 0. The molecule has 0 bridgehead atoms. The molecule has 3 heterocycles. The van der Waals surface area contributed by atoms with Gasteiger partial charge < -0.3 is 4.42 Å². The smallest absolute Gasteiger partial charge is 0.180 e. The molecular formula is C15H26N5OPS. The summed E-state index contributed by atoms with van der Waals surface area (Å²) in [4.78, 5) is 11.3. The lowest BCUT2D eigenvalue weighted by Gasteiger charge is -1.74. The molecule has 0 amide bonds. The highest BCUT2D eigenvalue weighted by atomic mass is 32.1. The summed E-state index contributed by atoms with van der Waals surface area (Å²) in [5, 5.41) is 6.82. The minimum atomic E-state index is 0. The van der Waals surface area contributed by atoms with Gasteiger partial charge in [0.1, 0.15) is 18.4 Å². The topological polar surface area (TPSA) is 69.6 Å². The van der Waals surface area contributed by atoms with Gasteiger partial charge in [0.25, 0.3) is 0 Å². The highest BCUT2D eigenvalue weighted by molar-refractivity contribution is 7.09. The van der Waals surface area contributed by atoms with Crippen molar-refractivity contribution in [3.05, 3.63) is 60.2 Å². The molecule has 0 spiro atoms. The summed E-state index contributed by atoms with van der Waals surface area (Å²) < 4.78 is 6.36. The normalized spacial score (nSPS) is 8.00. The van der Waals surface area contributed by atoms with E-state index in [1.54, 1.807) is 34.7 Å². The second-order valence-corrected chi connectivity index (χ2v) is 5.03. The molecular weight excluding hydrogens is 329 g/mol. The van der Waals surface area contributed by atoms with Crippen LogP contribution in [-0.2, 0) is 7.05 Å². The SMILES string of the molecule is C=CCC.Cc1cnco1.Cc1nccs1.Cn1cncn1.P. The van der Waals surface area contributed by atoms with Crippen LogP contribution in [0.5, 0.6) is 0 Å². The minimum absolute atomic E-state index is 0. The third kappa shape index (κ3) is 16.3. The molecule has 0 aliphatic rings. The molecule has 0 saturated carbocycles. The first kappa shape index (κ1) is 23.4. The largest absolute Gasteiger partial charge is 0.449 e. The molecule has 6 nitrogen and oxygen atoms in total. The zero-order chi connectivity index (χ0) is 16.6. The summed E-state index contributed by atoms with van der Waals surface area (Å²) >= 11 is 1.67. The van der Waals surface area contributed by atoms with Gasteiger partial charge in [0.15, 0.2) is 6.39 Å². The first-order valence-corrected chi connectivity index (χ1v) is 7.58. The van der Waals surface area contributed by atoms with Crippen LogP contribution in [0.25, 0.3) is 0 Å². The Kier molecular flexibility index (Phi) is 16.8. The fraction of sp³-hybridized carbons (Fsp3) is 0.333. The quantitative estimate of drug-likeness (QED) is 0.489. The van der Waals surface area contributed by atoms with Crippen LogP contribution in [-0.4, -0.2) is 24.7 Å². The minimum Gasteiger partial charge on any atom is -0.449 e. The van der Waals surface area contributed by atoms with Crippen LogP contribution >= 0.6 is 21.2 Å². The molecule has 0 aliphatic heterocycles. The van der Waals surface area contributed by atoms with E-state index in [-0.39, 0.29) is 9.90 Å². The van der Waals surface area contributed by atoms with E-state index in [1.807, 2.05) is 32.4 Å². The first-order valence-electron chi connectivity index (χ1n) is 6.70. The molecule has 8 heteroatoms. The predicted molar refractivity (Wildman–Crippen MR) is 101 cm³/mol. The van der Waals surface area contributed by atoms with Crippen molar-refractivity contribution < 1.29 is 4.42 Å². The van der Waals surface area contributed by atoms with Crippen molar-refractivity contribution in [1.82, 2.24) is 24.7 Å². The second-order valence-electron chi connectivity index (χ2n) is 3.93. The fourth-order valence-corrected chi connectivity index (χ4v) is 1.28. The summed E-state index contributed by atoms with van der Waals surface area (Å²) in [5.41, 5.74) is 0. The maximum Gasteiger partial charge on any atom is 0.180 e. The van der Waals surface area contributed by atoms with Crippen molar-refractivity contribution in [2.75, 3.05) is 0 Å². The number of hydrogen-bond acceptors (Lipinski definition) is 6. The van der Waals surface area contributed by atoms with Crippen molar-refractivity contribution in [3.8, 4) is 0 Å². The number of hydrogen-bond donors (Lipinski definition) is 0. The van der Waals surface area contributed by atoms with E-state index in [0.29, 0.717) is 0 Å². The van der Waals surface area contributed by atoms with Gasteiger partial charge in [0.05, 0.1) is 11.2 Å². The molecule has 3 rings (SSSR count). The number of thiazole rings is 1. The third-order valence-electron chi connectivity index (χ3n) is 1.93. The molecule has 3 aromatic rings. The van der Waals surface area contributed by atoms with Crippen LogP contribution < -0.4 is 0 Å². The summed E-state index contributed by atoms with van der Waals surface area (Å²) in [6.07, 6.45) is 11.0. The first-order chi connectivity index (χ1) is 10.6. The average molecular weight is 355 g/mol. The van der Waals surface area contributed by atoms with Gasteiger partial charge in [-0.25, -0.2) is 9.97 Å². The summed E-state index contributed by atoms with van der Waals surface area (Å²) in [7, 11) is 1.83. The monoisotopic (exact) mass is 355 g/mol. The van der Waals surface area contributed by atoms with Crippen LogP contribution in [0.15, 0.2) is 53.9 Å². The number of aryl methyl sites for hydroxylation is 3. The Morgan fingerprint density at radius 2 is 2.04 bits per heavy atom. The molecule has 3 aromatic heterocycles. The Morgan fingerprint density at radius 3 is 2.17 bits per heavy atom. The van der Waals surface area contributed by atoms with Crippen molar-refractivity contribution in [2.24, 2.45) is 7.05 Å². The molecule has 23 heavy (non-hydrogen) atoms. The highest BCUT2D eigenvalue weighted by Gasteiger charge is 1.77. The fourth-order valence-electron chi connectivity index (χ4n) is 0.841. The molecule has 0 aliphatic carbocycles. The number of nitrogens with zero attached hydrogens (tertiary/aromatic N) is 5.